The Morgan fingerprint density at radius 2 is 2.12 bits per heavy atom. The number of aromatic nitrogens is 1. The topological polar surface area (TPSA) is 72.0 Å². The van der Waals surface area contributed by atoms with E-state index in [0.717, 1.165) is 39.3 Å². The van der Waals surface area contributed by atoms with Gasteiger partial charge in [0, 0.05) is 45.1 Å². The molecular weight excluding hydrogens is 322 g/mol. The summed E-state index contributed by atoms with van der Waals surface area (Å²) in [6, 6.07) is 3.49. The molecule has 7 heteroatoms. The molecule has 0 aliphatic carbocycles. The van der Waals surface area contributed by atoms with Gasteiger partial charge in [-0.15, -0.1) is 0 Å². The van der Waals surface area contributed by atoms with Crippen molar-refractivity contribution in [3.8, 4) is 0 Å². The highest BCUT2D eigenvalue weighted by atomic mass is 16.5. The first-order valence-electron chi connectivity index (χ1n) is 8.85. The number of carbonyl (C=O) groups excluding carboxylic acids is 2. The van der Waals surface area contributed by atoms with Crippen LogP contribution in [0.4, 0.5) is 0 Å². The van der Waals surface area contributed by atoms with Gasteiger partial charge in [0.05, 0.1) is 31.8 Å². The predicted octanol–water partition coefficient (Wildman–Crippen LogP) is 1.20. The fourth-order valence-electron chi connectivity index (χ4n) is 2.76. The van der Waals surface area contributed by atoms with Crippen molar-refractivity contribution in [3.05, 3.63) is 30.1 Å². The molecule has 1 aromatic heterocycles. The molecule has 0 bridgehead atoms. The molecular formula is C18H27N3O4. The summed E-state index contributed by atoms with van der Waals surface area (Å²) in [6.45, 7) is 7.39. The molecule has 0 atom stereocenters. The molecule has 0 aromatic carbocycles. The SMILES string of the molecule is CCOC(=O)CCN(CCCN1CCOCC1)C(=O)c1cccnc1. The summed E-state index contributed by atoms with van der Waals surface area (Å²) in [5, 5.41) is 0. The van der Waals surface area contributed by atoms with Gasteiger partial charge >= 0.3 is 5.97 Å². The largest absolute Gasteiger partial charge is 0.466 e. The number of nitrogens with zero attached hydrogens (tertiary/aromatic N) is 3. The Morgan fingerprint density at radius 3 is 2.80 bits per heavy atom. The van der Waals surface area contributed by atoms with Crippen LogP contribution in [0.15, 0.2) is 24.5 Å². The van der Waals surface area contributed by atoms with Gasteiger partial charge < -0.3 is 14.4 Å². The van der Waals surface area contributed by atoms with Crippen molar-refractivity contribution in [3.63, 3.8) is 0 Å². The maximum Gasteiger partial charge on any atom is 0.307 e. The van der Waals surface area contributed by atoms with Gasteiger partial charge in [0.25, 0.3) is 5.91 Å². The molecule has 1 amide bonds. The zero-order chi connectivity index (χ0) is 17.9. The Labute approximate surface area is 148 Å². The van der Waals surface area contributed by atoms with Crippen molar-refractivity contribution < 1.29 is 19.1 Å². The summed E-state index contributed by atoms with van der Waals surface area (Å²) >= 11 is 0. The number of amides is 1. The highest BCUT2D eigenvalue weighted by Crippen LogP contribution is 2.07. The third-order valence-corrected chi connectivity index (χ3v) is 4.09. The van der Waals surface area contributed by atoms with E-state index in [1.807, 2.05) is 0 Å². The molecule has 0 unspecified atom stereocenters. The zero-order valence-corrected chi connectivity index (χ0v) is 14.9. The summed E-state index contributed by atoms with van der Waals surface area (Å²) in [6.07, 6.45) is 4.26. The molecule has 1 aromatic rings. The number of esters is 1. The average molecular weight is 349 g/mol. The summed E-state index contributed by atoms with van der Waals surface area (Å²) in [7, 11) is 0. The molecule has 0 radical (unpaired) electrons. The van der Waals surface area contributed by atoms with Gasteiger partial charge in [0.2, 0.25) is 0 Å². The molecule has 1 saturated heterocycles. The quantitative estimate of drug-likeness (QED) is 0.624. The van der Waals surface area contributed by atoms with Gasteiger partial charge in [0.15, 0.2) is 0 Å². The van der Waals surface area contributed by atoms with E-state index in [1.165, 1.54) is 0 Å². The Balaban J connectivity index is 1.88. The van der Waals surface area contributed by atoms with Crippen molar-refractivity contribution in [2.75, 3.05) is 52.5 Å². The van der Waals surface area contributed by atoms with Gasteiger partial charge in [0.1, 0.15) is 0 Å². The minimum absolute atomic E-state index is 0.0978. The molecule has 1 fully saturated rings. The van der Waals surface area contributed by atoms with Crippen LogP contribution in [-0.2, 0) is 14.3 Å². The van der Waals surface area contributed by atoms with E-state index in [0.29, 0.717) is 25.3 Å². The van der Waals surface area contributed by atoms with E-state index < -0.39 is 0 Å². The highest BCUT2D eigenvalue weighted by molar-refractivity contribution is 5.94. The third-order valence-electron chi connectivity index (χ3n) is 4.09. The summed E-state index contributed by atoms with van der Waals surface area (Å²) < 4.78 is 10.3. The number of ether oxygens (including phenoxy) is 2. The maximum atomic E-state index is 12.7. The van der Waals surface area contributed by atoms with E-state index in [9.17, 15) is 9.59 Å². The van der Waals surface area contributed by atoms with Crippen molar-refractivity contribution in [1.29, 1.82) is 0 Å². The van der Waals surface area contributed by atoms with Crippen LogP contribution < -0.4 is 0 Å². The van der Waals surface area contributed by atoms with Crippen LogP contribution in [0.5, 0.6) is 0 Å². The molecule has 0 saturated carbocycles. The standard InChI is InChI=1S/C18H27N3O4/c1-2-25-17(22)6-10-21(18(23)16-5-3-7-19-15-16)9-4-8-20-11-13-24-14-12-20/h3,5,7,15H,2,4,6,8-14H2,1H3. The molecule has 2 rings (SSSR count). The van der Waals surface area contributed by atoms with E-state index in [1.54, 1.807) is 36.4 Å². The maximum absolute atomic E-state index is 12.7. The van der Waals surface area contributed by atoms with E-state index in [-0.39, 0.29) is 18.3 Å². The number of carbonyl (C=O) groups is 2. The second kappa shape index (κ2) is 10.8. The lowest BCUT2D eigenvalue weighted by Crippen LogP contribution is -2.39. The first kappa shape index (κ1) is 19.3. The number of hydrogen-bond acceptors (Lipinski definition) is 6. The monoisotopic (exact) mass is 349 g/mol. The Kier molecular flexibility index (Phi) is 8.34. The van der Waals surface area contributed by atoms with Crippen LogP contribution in [0.1, 0.15) is 30.1 Å². The fourth-order valence-corrected chi connectivity index (χ4v) is 2.76. The van der Waals surface area contributed by atoms with Crippen molar-refractivity contribution in [1.82, 2.24) is 14.8 Å². The Hall–Kier alpha value is -1.99. The Bertz CT molecular complexity index is 532. The normalized spacial score (nSPS) is 14.9. The van der Waals surface area contributed by atoms with Gasteiger partial charge in [-0.2, -0.15) is 0 Å². The number of hydrogen-bond donors (Lipinski definition) is 0. The van der Waals surface area contributed by atoms with Crippen LogP contribution in [0, 0.1) is 0 Å². The van der Waals surface area contributed by atoms with E-state index in [4.69, 9.17) is 9.47 Å². The number of pyridine rings is 1. The van der Waals surface area contributed by atoms with Gasteiger partial charge in [-0.05, 0) is 25.5 Å². The summed E-state index contributed by atoms with van der Waals surface area (Å²) in [5.41, 5.74) is 0.540. The van der Waals surface area contributed by atoms with E-state index in [2.05, 4.69) is 9.88 Å². The predicted molar refractivity (Wildman–Crippen MR) is 93.3 cm³/mol. The lowest BCUT2D eigenvalue weighted by Gasteiger charge is -2.28. The second-order valence-corrected chi connectivity index (χ2v) is 5.90. The van der Waals surface area contributed by atoms with Crippen LogP contribution >= 0.6 is 0 Å². The minimum atomic E-state index is -0.278. The molecule has 1 aliphatic rings. The van der Waals surface area contributed by atoms with Gasteiger partial charge in [-0.3, -0.25) is 19.5 Å². The Morgan fingerprint density at radius 1 is 1.32 bits per heavy atom. The van der Waals surface area contributed by atoms with Crippen molar-refractivity contribution >= 4 is 11.9 Å². The van der Waals surface area contributed by atoms with Crippen LogP contribution in [0.3, 0.4) is 0 Å². The first-order chi connectivity index (χ1) is 12.2. The zero-order valence-electron chi connectivity index (χ0n) is 14.9. The van der Waals surface area contributed by atoms with Crippen molar-refractivity contribution in [2.24, 2.45) is 0 Å². The van der Waals surface area contributed by atoms with E-state index >= 15 is 0 Å². The molecule has 25 heavy (non-hydrogen) atoms. The molecule has 0 N–H and O–H groups in total. The molecule has 1 aliphatic heterocycles. The first-order valence-corrected chi connectivity index (χ1v) is 8.85. The fraction of sp³-hybridized carbons (Fsp3) is 0.611. The molecule has 0 spiro atoms. The lowest BCUT2D eigenvalue weighted by molar-refractivity contribution is -0.143. The minimum Gasteiger partial charge on any atom is -0.466 e. The third kappa shape index (κ3) is 6.80. The number of morpholine rings is 1. The lowest BCUT2D eigenvalue weighted by atomic mass is 10.2. The average Bonchev–Trinajstić information content (AvgIpc) is 2.66. The summed E-state index contributed by atoms with van der Waals surface area (Å²) in [4.78, 5) is 32.4. The molecule has 2 heterocycles. The molecule has 138 valence electrons. The van der Waals surface area contributed by atoms with Crippen LogP contribution in [0.25, 0.3) is 0 Å². The second-order valence-electron chi connectivity index (χ2n) is 5.90. The van der Waals surface area contributed by atoms with Gasteiger partial charge in [-0.25, -0.2) is 0 Å². The number of rotatable bonds is 9. The van der Waals surface area contributed by atoms with Crippen LogP contribution in [0.2, 0.25) is 0 Å². The smallest absolute Gasteiger partial charge is 0.307 e. The van der Waals surface area contributed by atoms with Crippen molar-refractivity contribution in [2.45, 2.75) is 19.8 Å². The summed E-state index contributed by atoms with van der Waals surface area (Å²) in [5.74, 6) is -0.376. The van der Waals surface area contributed by atoms with Gasteiger partial charge in [-0.1, -0.05) is 0 Å². The highest BCUT2D eigenvalue weighted by Gasteiger charge is 2.18. The molecule has 7 nitrogen and oxygen atoms in total. The van der Waals surface area contributed by atoms with Crippen LogP contribution in [-0.4, -0.2) is 79.2 Å².